The Balaban J connectivity index is 2.10. The van der Waals surface area contributed by atoms with E-state index in [1.54, 1.807) is 13.8 Å². The highest BCUT2D eigenvalue weighted by atomic mass is 32.2. The van der Waals surface area contributed by atoms with Gasteiger partial charge in [0.15, 0.2) is 25.7 Å². The van der Waals surface area contributed by atoms with E-state index in [4.69, 9.17) is 18.8 Å². The molecular formula is C19H17FN4O3S2. The van der Waals surface area contributed by atoms with Crippen LogP contribution >= 0.6 is 12.2 Å². The Morgan fingerprint density at radius 3 is 2.41 bits per heavy atom. The predicted octanol–water partition coefficient (Wildman–Crippen LogP) is 3.40. The lowest BCUT2D eigenvalue weighted by Crippen LogP contribution is -2.44. The van der Waals surface area contributed by atoms with Gasteiger partial charge in [-0.25, -0.2) is 22.6 Å². The van der Waals surface area contributed by atoms with Crippen LogP contribution < -0.4 is 9.80 Å². The number of anilines is 2. The molecule has 3 rings (SSSR count). The fraction of sp³-hybridized carbons (Fsp3) is 0.263. The molecule has 1 aliphatic heterocycles. The summed E-state index contributed by atoms with van der Waals surface area (Å²) in [5.74, 6) is -1.15. The van der Waals surface area contributed by atoms with Crippen molar-refractivity contribution in [3.05, 3.63) is 53.3 Å². The molecule has 0 atom stereocenters. The van der Waals surface area contributed by atoms with Gasteiger partial charge in [0.1, 0.15) is 11.4 Å². The van der Waals surface area contributed by atoms with Gasteiger partial charge in [-0.2, -0.15) is 0 Å². The van der Waals surface area contributed by atoms with E-state index in [9.17, 15) is 17.6 Å². The molecule has 150 valence electrons. The first-order valence-corrected chi connectivity index (χ1v) is 10.7. The highest BCUT2D eigenvalue weighted by Crippen LogP contribution is 2.39. The maximum atomic E-state index is 14.9. The normalized spacial score (nSPS) is 16.3. The van der Waals surface area contributed by atoms with Crippen molar-refractivity contribution in [1.82, 2.24) is 4.98 Å². The van der Waals surface area contributed by atoms with Crippen molar-refractivity contribution in [2.45, 2.75) is 31.3 Å². The van der Waals surface area contributed by atoms with Crippen LogP contribution in [0.4, 0.5) is 21.5 Å². The third-order valence-corrected chi connectivity index (χ3v) is 6.09. The number of halogens is 1. The van der Waals surface area contributed by atoms with Gasteiger partial charge in [-0.05, 0) is 56.8 Å². The van der Waals surface area contributed by atoms with Crippen LogP contribution in [0.3, 0.4) is 0 Å². The van der Waals surface area contributed by atoms with Gasteiger partial charge in [-0.15, -0.1) is 0 Å². The third kappa shape index (κ3) is 3.26. The zero-order chi connectivity index (χ0) is 21.7. The largest absolute Gasteiger partial charge is 0.302 e. The Labute approximate surface area is 173 Å². The number of benzene rings is 1. The molecule has 2 aromatic rings. The summed E-state index contributed by atoms with van der Waals surface area (Å²) >= 11 is 5.48. The number of rotatable bonds is 3. The van der Waals surface area contributed by atoms with Crippen LogP contribution in [0.1, 0.15) is 19.4 Å². The van der Waals surface area contributed by atoms with Crippen molar-refractivity contribution in [2.24, 2.45) is 0 Å². The number of hydrogen-bond donors (Lipinski definition) is 0. The van der Waals surface area contributed by atoms with Crippen molar-refractivity contribution < 1.29 is 17.6 Å². The topological polar surface area (TPSA) is 74.9 Å². The summed E-state index contributed by atoms with van der Waals surface area (Å²) in [7, 11) is -3.48. The van der Waals surface area contributed by atoms with Gasteiger partial charge in [-0.1, -0.05) is 6.07 Å². The predicted molar refractivity (Wildman–Crippen MR) is 111 cm³/mol. The molecule has 1 saturated heterocycles. The number of thiocarbonyl (C=S) groups is 1. The summed E-state index contributed by atoms with van der Waals surface area (Å²) in [6.45, 7) is 11.8. The molecule has 1 aromatic carbocycles. The van der Waals surface area contributed by atoms with E-state index in [1.807, 2.05) is 0 Å². The van der Waals surface area contributed by atoms with Crippen molar-refractivity contribution in [3.8, 4) is 0 Å². The third-order valence-electron chi connectivity index (χ3n) is 4.73. The number of nitrogens with zero attached hydrogens (tertiary/aromatic N) is 4. The number of sulfone groups is 1. The van der Waals surface area contributed by atoms with E-state index in [-0.39, 0.29) is 27.1 Å². The highest BCUT2D eigenvalue weighted by Gasteiger charge is 2.51. The Hall–Kier alpha value is -2.90. The number of hydrogen-bond acceptors (Lipinski definition) is 5. The molecule has 0 radical (unpaired) electrons. The maximum Gasteiger partial charge on any atom is 0.259 e. The summed E-state index contributed by atoms with van der Waals surface area (Å²) in [6.07, 6.45) is 2.35. The van der Waals surface area contributed by atoms with Gasteiger partial charge < -0.3 is 4.90 Å². The molecule has 0 unspecified atom stereocenters. The monoisotopic (exact) mass is 432 g/mol. The van der Waals surface area contributed by atoms with E-state index >= 15 is 0 Å². The molecule has 29 heavy (non-hydrogen) atoms. The van der Waals surface area contributed by atoms with Crippen LogP contribution in [0.25, 0.3) is 4.85 Å². The van der Waals surface area contributed by atoms with Gasteiger partial charge in [0.2, 0.25) is 0 Å². The van der Waals surface area contributed by atoms with Crippen LogP contribution in [-0.4, -0.2) is 36.2 Å². The van der Waals surface area contributed by atoms with Crippen LogP contribution in [0.2, 0.25) is 0 Å². The molecule has 7 nitrogen and oxygen atoms in total. The van der Waals surface area contributed by atoms with Gasteiger partial charge in [0.05, 0.1) is 24.1 Å². The number of aromatic nitrogens is 1. The first-order valence-electron chi connectivity index (χ1n) is 8.42. The average Bonchev–Trinajstić information content (AvgIpc) is 2.82. The molecule has 0 saturated carbocycles. The molecule has 0 N–H and O–H groups in total. The highest BCUT2D eigenvalue weighted by molar-refractivity contribution is 7.90. The number of carbonyl (C=O) groups excluding carboxylic acids is 1. The molecule has 0 spiro atoms. The van der Waals surface area contributed by atoms with Gasteiger partial charge in [0, 0.05) is 6.26 Å². The zero-order valence-corrected chi connectivity index (χ0v) is 17.7. The van der Waals surface area contributed by atoms with Crippen LogP contribution in [0, 0.1) is 19.3 Å². The van der Waals surface area contributed by atoms with Crippen molar-refractivity contribution in [2.75, 3.05) is 16.1 Å². The summed E-state index contributed by atoms with van der Waals surface area (Å²) in [5, 5.41) is -0.0773. The lowest BCUT2D eigenvalue weighted by molar-refractivity contribution is -0.120. The first kappa shape index (κ1) is 20.8. The Morgan fingerprint density at radius 2 is 1.90 bits per heavy atom. The number of pyridine rings is 1. The van der Waals surface area contributed by atoms with Gasteiger partial charge in [0.25, 0.3) is 5.91 Å². The Bertz CT molecular complexity index is 1190. The second-order valence-corrected chi connectivity index (χ2v) is 9.43. The molecule has 0 aliphatic carbocycles. The van der Waals surface area contributed by atoms with Gasteiger partial charge >= 0.3 is 0 Å². The quantitative estimate of drug-likeness (QED) is 0.547. The van der Waals surface area contributed by atoms with E-state index in [0.29, 0.717) is 5.69 Å². The Kier molecular flexibility index (Phi) is 4.93. The molecule has 1 aromatic heterocycles. The van der Waals surface area contributed by atoms with Gasteiger partial charge in [-0.3, -0.25) is 9.69 Å². The van der Waals surface area contributed by atoms with Crippen molar-refractivity contribution >= 4 is 50.1 Å². The van der Waals surface area contributed by atoms with E-state index in [2.05, 4.69) is 9.83 Å². The lowest BCUT2D eigenvalue weighted by Gasteiger charge is -2.29. The molecule has 1 amide bonds. The van der Waals surface area contributed by atoms with Crippen LogP contribution in [0.15, 0.2) is 35.5 Å². The summed E-state index contributed by atoms with van der Waals surface area (Å²) in [5.41, 5.74) is -0.521. The molecule has 2 heterocycles. The second-order valence-electron chi connectivity index (χ2n) is 7.10. The molecule has 1 fully saturated rings. The second kappa shape index (κ2) is 6.86. The molecular weight excluding hydrogens is 415 g/mol. The Morgan fingerprint density at radius 1 is 1.24 bits per heavy atom. The SMILES string of the molecule is [C-]#[N+]c1ccc(N2C(=O)C(C)(C)N(c3ccc(S(C)(=O)=O)nc3)C2=S)c(F)c1C. The lowest BCUT2D eigenvalue weighted by atomic mass is 10.0. The molecule has 10 heteroatoms. The van der Waals surface area contributed by atoms with E-state index < -0.39 is 27.1 Å². The van der Waals surface area contributed by atoms with Crippen LogP contribution in [-0.2, 0) is 14.6 Å². The van der Waals surface area contributed by atoms with Crippen LogP contribution in [0.5, 0.6) is 0 Å². The number of carbonyl (C=O) groups is 1. The van der Waals surface area contributed by atoms with Crippen molar-refractivity contribution in [3.63, 3.8) is 0 Å². The van der Waals surface area contributed by atoms with E-state index in [1.165, 1.54) is 42.3 Å². The average molecular weight is 433 g/mol. The summed E-state index contributed by atoms with van der Waals surface area (Å²) < 4.78 is 38.2. The smallest absolute Gasteiger partial charge is 0.259 e. The fourth-order valence-corrected chi connectivity index (χ4v) is 4.19. The maximum absolute atomic E-state index is 14.9. The first-order chi connectivity index (χ1) is 13.4. The minimum absolute atomic E-state index is 0.0303. The fourth-order valence-electron chi connectivity index (χ4n) is 3.12. The summed E-state index contributed by atoms with van der Waals surface area (Å²) in [4.78, 5) is 22.9. The molecule has 0 bridgehead atoms. The van der Waals surface area contributed by atoms with E-state index in [0.717, 1.165) is 11.2 Å². The zero-order valence-electron chi connectivity index (χ0n) is 16.1. The minimum atomic E-state index is -3.48. The molecule has 1 aliphatic rings. The standard InChI is InChI=1S/C19H17FN4O3S2/c1-11-13(21-4)7-8-14(16(11)20)23-17(25)19(2,3)24(18(23)28)12-6-9-15(22-10-12)29(5,26)27/h6-10H,1-3,5H3. The number of amides is 1. The van der Waals surface area contributed by atoms with Crippen molar-refractivity contribution in [1.29, 1.82) is 0 Å². The summed E-state index contributed by atoms with van der Waals surface area (Å²) in [6, 6.07) is 5.61. The minimum Gasteiger partial charge on any atom is -0.302 e.